The molecule has 1 aromatic carbocycles. The van der Waals surface area contributed by atoms with Gasteiger partial charge in [0.25, 0.3) is 0 Å². The van der Waals surface area contributed by atoms with Crippen molar-refractivity contribution in [1.29, 1.82) is 0 Å². The molecule has 0 unspecified atom stereocenters. The summed E-state index contributed by atoms with van der Waals surface area (Å²) >= 11 is 0. The molecule has 0 N–H and O–H groups in total. The number of aryl methyl sites for hydroxylation is 2. The van der Waals surface area contributed by atoms with Gasteiger partial charge in [-0.3, -0.25) is 0 Å². The molecule has 0 amide bonds. The number of ether oxygens (including phenoxy) is 1. The summed E-state index contributed by atoms with van der Waals surface area (Å²) in [7, 11) is 0. The number of anilines is 1. The van der Waals surface area contributed by atoms with E-state index in [1.807, 2.05) is 31.2 Å². The van der Waals surface area contributed by atoms with Crippen LogP contribution in [-0.4, -0.2) is 29.4 Å². The van der Waals surface area contributed by atoms with Gasteiger partial charge in [0.2, 0.25) is 0 Å². The van der Waals surface area contributed by atoms with Crippen molar-refractivity contribution in [1.82, 2.24) is 10.2 Å². The van der Waals surface area contributed by atoms with Crippen molar-refractivity contribution in [2.45, 2.75) is 26.4 Å². The first-order valence-corrected chi connectivity index (χ1v) is 7.06. The molecule has 104 valence electrons. The Labute approximate surface area is 119 Å². The van der Waals surface area contributed by atoms with E-state index in [4.69, 9.17) is 4.74 Å². The summed E-state index contributed by atoms with van der Waals surface area (Å²) in [6.45, 7) is 5.84. The molecule has 3 rings (SSSR count). The van der Waals surface area contributed by atoms with Crippen LogP contribution < -0.4 is 9.64 Å². The van der Waals surface area contributed by atoms with Gasteiger partial charge in [-0.25, -0.2) is 0 Å². The van der Waals surface area contributed by atoms with E-state index in [2.05, 4.69) is 34.2 Å². The first-order chi connectivity index (χ1) is 9.76. The Morgan fingerprint density at radius 1 is 1.15 bits per heavy atom. The smallest absolute Gasteiger partial charge is 0.151 e. The molecule has 1 aliphatic rings. The molecule has 0 atom stereocenters. The number of rotatable bonds is 4. The van der Waals surface area contributed by atoms with Crippen molar-refractivity contribution in [3.8, 4) is 5.75 Å². The fourth-order valence-electron chi connectivity index (χ4n) is 2.35. The van der Waals surface area contributed by atoms with Crippen molar-refractivity contribution in [2.24, 2.45) is 0 Å². The molecule has 2 heterocycles. The molecule has 0 radical (unpaired) electrons. The quantitative estimate of drug-likeness (QED) is 0.855. The van der Waals surface area contributed by atoms with Gasteiger partial charge in [-0.15, -0.1) is 5.10 Å². The van der Waals surface area contributed by atoms with Gasteiger partial charge < -0.3 is 9.64 Å². The molecule has 20 heavy (non-hydrogen) atoms. The lowest BCUT2D eigenvalue weighted by Crippen LogP contribution is -2.54. The van der Waals surface area contributed by atoms with E-state index >= 15 is 0 Å². The Morgan fingerprint density at radius 3 is 2.65 bits per heavy atom. The summed E-state index contributed by atoms with van der Waals surface area (Å²) in [5.41, 5.74) is 2.21. The van der Waals surface area contributed by atoms with Crippen LogP contribution in [0.3, 0.4) is 0 Å². The largest absolute Gasteiger partial charge is 0.486 e. The molecule has 1 aromatic heterocycles. The van der Waals surface area contributed by atoms with Gasteiger partial charge in [-0.05, 0) is 37.1 Å². The van der Waals surface area contributed by atoms with Gasteiger partial charge in [0.05, 0.1) is 18.8 Å². The van der Waals surface area contributed by atoms with Crippen LogP contribution in [0.4, 0.5) is 5.82 Å². The molecule has 0 spiro atoms. The van der Waals surface area contributed by atoms with E-state index in [1.54, 1.807) is 0 Å². The zero-order chi connectivity index (χ0) is 13.9. The van der Waals surface area contributed by atoms with Gasteiger partial charge in [0, 0.05) is 0 Å². The molecular formula is C16H19N3O. The molecule has 1 aliphatic heterocycles. The molecule has 0 aliphatic carbocycles. The third kappa shape index (κ3) is 2.59. The molecule has 0 bridgehead atoms. The number of nitrogens with zero attached hydrogens (tertiary/aromatic N) is 3. The maximum Gasteiger partial charge on any atom is 0.151 e. The lowest BCUT2D eigenvalue weighted by molar-refractivity contribution is 0.165. The Hall–Kier alpha value is -2.10. The van der Waals surface area contributed by atoms with Crippen LogP contribution in [0.1, 0.15) is 18.2 Å². The van der Waals surface area contributed by atoms with Gasteiger partial charge in [-0.1, -0.05) is 25.1 Å². The Kier molecular flexibility index (Phi) is 3.54. The monoisotopic (exact) mass is 269 g/mol. The molecule has 0 saturated carbocycles. The minimum atomic E-state index is 0.241. The highest BCUT2D eigenvalue weighted by atomic mass is 16.5. The minimum absolute atomic E-state index is 0.241. The fourth-order valence-corrected chi connectivity index (χ4v) is 2.35. The maximum atomic E-state index is 6.06. The lowest BCUT2D eigenvalue weighted by atomic mass is 10.1. The molecule has 4 heteroatoms. The topological polar surface area (TPSA) is 38.2 Å². The number of benzene rings is 1. The third-order valence-electron chi connectivity index (χ3n) is 3.60. The van der Waals surface area contributed by atoms with E-state index < -0.39 is 0 Å². The Bertz CT molecular complexity index is 577. The zero-order valence-corrected chi connectivity index (χ0v) is 11.9. The van der Waals surface area contributed by atoms with Crippen LogP contribution in [0.2, 0.25) is 0 Å². The Morgan fingerprint density at radius 2 is 1.95 bits per heavy atom. The van der Waals surface area contributed by atoms with Gasteiger partial charge in [-0.2, -0.15) is 5.10 Å². The number of hydrogen-bond donors (Lipinski definition) is 0. The average Bonchev–Trinajstić information content (AvgIpc) is 2.44. The molecule has 1 fully saturated rings. The molecular weight excluding hydrogens is 250 g/mol. The van der Waals surface area contributed by atoms with Gasteiger partial charge in [0.15, 0.2) is 5.82 Å². The van der Waals surface area contributed by atoms with Gasteiger partial charge >= 0.3 is 0 Å². The van der Waals surface area contributed by atoms with E-state index in [-0.39, 0.29) is 6.10 Å². The first-order valence-electron chi connectivity index (χ1n) is 7.06. The van der Waals surface area contributed by atoms with Crippen LogP contribution in [0.5, 0.6) is 5.75 Å². The van der Waals surface area contributed by atoms with Crippen molar-refractivity contribution >= 4 is 5.82 Å². The van der Waals surface area contributed by atoms with Crippen LogP contribution in [0.25, 0.3) is 0 Å². The van der Waals surface area contributed by atoms with Crippen molar-refractivity contribution in [3.05, 3.63) is 47.7 Å². The van der Waals surface area contributed by atoms with Crippen molar-refractivity contribution in [3.63, 3.8) is 0 Å². The lowest BCUT2D eigenvalue weighted by Gasteiger charge is -2.39. The average molecular weight is 269 g/mol. The maximum absolute atomic E-state index is 6.06. The molecule has 4 nitrogen and oxygen atoms in total. The second kappa shape index (κ2) is 5.49. The summed E-state index contributed by atoms with van der Waals surface area (Å²) in [4.78, 5) is 2.19. The summed E-state index contributed by atoms with van der Waals surface area (Å²) < 4.78 is 6.06. The highest BCUT2D eigenvalue weighted by Crippen LogP contribution is 2.25. The summed E-state index contributed by atoms with van der Waals surface area (Å²) in [5, 5.41) is 8.28. The van der Waals surface area contributed by atoms with Crippen molar-refractivity contribution in [2.75, 3.05) is 18.0 Å². The molecule has 2 aromatic rings. The number of para-hydroxylation sites is 1. The van der Waals surface area contributed by atoms with E-state index in [9.17, 15) is 0 Å². The highest BCUT2D eigenvalue weighted by Gasteiger charge is 2.30. The van der Waals surface area contributed by atoms with Crippen LogP contribution in [-0.2, 0) is 6.42 Å². The van der Waals surface area contributed by atoms with Crippen molar-refractivity contribution < 1.29 is 4.74 Å². The second-order valence-electron chi connectivity index (χ2n) is 5.14. The first kappa shape index (κ1) is 12.9. The predicted octanol–water partition coefficient (Wildman–Crippen LogP) is 2.62. The normalized spacial score (nSPS) is 15.0. The number of aromatic nitrogens is 2. The second-order valence-corrected chi connectivity index (χ2v) is 5.14. The highest BCUT2D eigenvalue weighted by molar-refractivity contribution is 5.42. The third-order valence-corrected chi connectivity index (χ3v) is 3.60. The van der Waals surface area contributed by atoms with Crippen LogP contribution in [0.15, 0.2) is 36.4 Å². The molecule has 1 saturated heterocycles. The van der Waals surface area contributed by atoms with Gasteiger partial charge in [0.1, 0.15) is 11.9 Å². The zero-order valence-electron chi connectivity index (χ0n) is 11.9. The number of hydrogen-bond acceptors (Lipinski definition) is 4. The summed E-state index contributed by atoms with van der Waals surface area (Å²) in [5.74, 6) is 1.94. The summed E-state index contributed by atoms with van der Waals surface area (Å²) in [6, 6.07) is 12.3. The van der Waals surface area contributed by atoms with E-state index in [0.29, 0.717) is 0 Å². The predicted molar refractivity (Wildman–Crippen MR) is 79.2 cm³/mol. The Balaban J connectivity index is 1.59. The van der Waals surface area contributed by atoms with E-state index in [0.717, 1.165) is 36.8 Å². The standard InChI is InChI=1S/C16H19N3O/c1-3-13-6-4-5-7-15(13)20-14-10-19(11-14)16-9-8-12(2)17-18-16/h4-9,14H,3,10-11H2,1-2H3. The van der Waals surface area contributed by atoms with Crippen LogP contribution in [0, 0.1) is 6.92 Å². The minimum Gasteiger partial charge on any atom is -0.486 e. The SMILES string of the molecule is CCc1ccccc1OC1CN(c2ccc(C)nn2)C1. The van der Waals surface area contributed by atoms with E-state index in [1.165, 1.54) is 5.56 Å². The fraction of sp³-hybridized carbons (Fsp3) is 0.375. The van der Waals surface area contributed by atoms with Crippen LogP contribution >= 0.6 is 0 Å². The summed E-state index contributed by atoms with van der Waals surface area (Å²) in [6.07, 6.45) is 1.24.